The lowest BCUT2D eigenvalue weighted by molar-refractivity contribution is -0.0263. The third kappa shape index (κ3) is 3.46. The van der Waals surface area contributed by atoms with Crippen molar-refractivity contribution >= 4 is 11.0 Å². The molecule has 0 saturated carbocycles. The second kappa shape index (κ2) is 6.60. The molecule has 1 aromatic heterocycles. The zero-order chi connectivity index (χ0) is 14.7. The van der Waals surface area contributed by atoms with Crippen molar-refractivity contribution in [1.82, 2.24) is 10.2 Å². The minimum absolute atomic E-state index is 0.193. The molecule has 1 aliphatic heterocycles. The molecular formula is C17H24N2O2. The molecule has 2 atom stereocenters. The summed E-state index contributed by atoms with van der Waals surface area (Å²) in [6, 6.07) is 10.4. The molecule has 2 unspecified atom stereocenters. The van der Waals surface area contributed by atoms with Crippen LogP contribution in [0.15, 0.2) is 34.7 Å². The van der Waals surface area contributed by atoms with Crippen molar-refractivity contribution in [2.45, 2.75) is 26.0 Å². The van der Waals surface area contributed by atoms with Crippen LogP contribution in [0.2, 0.25) is 0 Å². The molecule has 1 aliphatic rings. The zero-order valence-corrected chi connectivity index (χ0v) is 12.8. The van der Waals surface area contributed by atoms with Gasteiger partial charge in [0.25, 0.3) is 0 Å². The van der Waals surface area contributed by atoms with E-state index in [2.05, 4.69) is 36.2 Å². The topological polar surface area (TPSA) is 37.6 Å². The first kappa shape index (κ1) is 14.6. The van der Waals surface area contributed by atoms with Gasteiger partial charge in [0.2, 0.25) is 0 Å². The minimum Gasteiger partial charge on any atom is -0.459 e. The summed E-state index contributed by atoms with van der Waals surface area (Å²) in [6.45, 7) is 9.18. The summed E-state index contributed by atoms with van der Waals surface area (Å²) in [4.78, 5) is 2.43. The molecule has 0 amide bonds. The Morgan fingerprint density at radius 3 is 3.05 bits per heavy atom. The standard InChI is InChI=1S/C17H24N2O2/c1-3-19-8-9-20-15(12-19)11-18-13(2)17-10-14-6-4-5-7-16(14)21-17/h4-7,10,13,15,18H,3,8-9,11-12H2,1-2H3. The van der Waals surface area contributed by atoms with E-state index in [-0.39, 0.29) is 12.1 Å². The Hall–Kier alpha value is -1.36. The predicted molar refractivity (Wildman–Crippen MR) is 84.5 cm³/mol. The van der Waals surface area contributed by atoms with Crippen LogP contribution in [-0.2, 0) is 4.74 Å². The van der Waals surface area contributed by atoms with Crippen molar-refractivity contribution in [3.8, 4) is 0 Å². The lowest BCUT2D eigenvalue weighted by atomic mass is 10.2. The molecule has 1 saturated heterocycles. The van der Waals surface area contributed by atoms with Crippen molar-refractivity contribution in [2.24, 2.45) is 0 Å². The number of para-hydroxylation sites is 1. The van der Waals surface area contributed by atoms with Gasteiger partial charge in [-0.3, -0.25) is 4.90 Å². The fraction of sp³-hybridized carbons (Fsp3) is 0.529. The van der Waals surface area contributed by atoms with E-state index in [0.717, 1.165) is 49.5 Å². The highest BCUT2D eigenvalue weighted by molar-refractivity contribution is 5.77. The molecule has 114 valence electrons. The van der Waals surface area contributed by atoms with Gasteiger partial charge < -0.3 is 14.5 Å². The van der Waals surface area contributed by atoms with E-state index >= 15 is 0 Å². The van der Waals surface area contributed by atoms with Crippen molar-refractivity contribution in [1.29, 1.82) is 0 Å². The van der Waals surface area contributed by atoms with E-state index in [0.29, 0.717) is 0 Å². The van der Waals surface area contributed by atoms with Gasteiger partial charge in [-0.1, -0.05) is 25.1 Å². The number of nitrogens with zero attached hydrogens (tertiary/aromatic N) is 1. The van der Waals surface area contributed by atoms with E-state index in [9.17, 15) is 0 Å². The molecule has 2 heterocycles. The fourth-order valence-corrected chi connectivity index (χ4v) is 2.82. The van der Waals surface area contributed by atoms with Crippen LogP contribution in [0.1, 0.15) is 25.6 Å². The van der Waals surface area contributed by atoms with Gasteiger partial charge >= 0.3 is 0 Å². The summed E-state index contributed by atoms with van der Waals surface area (Å²) in [5.74, 6) is 0.986. The van der Waals surface area contributed by atoms with Gasteiger partial charge in [-0.2, -0.15) is 0 Å². The largest absolute Gasteiger partial charge is 0.459 e. The quantitative estimate of drug-likeness (QED) is 0.918. The third-order valence-electron chi connectivity index (χ3n) is 4.19. The molecule has 1 aromatic carbocycles. The molecule has 1 fully saturated rings. The number of furan rings is 1. The van der Waals surface area contributed by atoms with Crippen LogP contribution in [0.25, 0.3) is 11.0 Å². The van der Waals surface area contributed by atoms with Gasteiger partial charge in [-0.25, -0.2) is 0 Å². The Balaban J connectivity index is 1.57. The molecular weight excluding hydrogens is 264 g/mol. The fourth-order valence-electron chi connectivity index (χ4n) is 2.82. The minimum atomic E-state index is 0.193. The number of morpholine rings is 1. The van der Waals surface area contributed by atoms with Crippen LogP contribution in [0.5, 0.6) is 0 Å². The van der Waals surface area contributed by atoms with Gasteiger partial charge in [0.1, 0.15) is 11.3 Å². The predicted octanol–water partition coefficient (Wildman–Crippen LogP) is 2.80. The number of hydrogen-bond donors (Lipinski definition) is 1. The molecule has 0 aliphatic carbocycles. The van der Waals surface area contributed by atoms with Crippen LogP contribution in [0, 0.1) is 0 Å². The summed E-state index contributed by atoms with van der Waals surface area (Å²) >= 11 is 0. The summed E-state index contributed by atoms with van der Waals surface area (Å²) in [7, 11) is 0. The van der Waals surface area contributed by atoms with E-state index in [1.54, 1.807) is 0 Å². The first-order valence-electron chi connectivity index (χ1n) is 7.82. The number of nitrogens with one attached hydrogen (secondary N) is 1. The normalized spacial score (nSPS) is 21.7. The highest BCUT2D eigenvalue weighted by atomic mass is 16.5. The molecule has 21 heavy (non-hydrogen) atoms. The number of fused-ring (bicyclic) bond motifs is 1. The Kier molecular flexibility index (Phi) is 4.58. The maximum atomic E-state index is 5.90. The van der Waals surface area contributed by atoms with Gasteiger partial charge in [0.15, 0.2) is 0 Å². The molecule has 4 nitrogen and oxygen atoms in total. The average Bonchev–Trinajstić information content (AvgIpc) is 2.97. The number of likely N-dealkylation sites (N-methyl/N-ethyl adjacent to an activating group) is 1. The van der Waals surface area contributed by atoms with Gasteiger partial charge in [0, 0.05) is 25.0 Å². The van der Waals surface area contributed by atoms with Crippen LogP contribution in [-0.4, -0.2) is 43.8 Å². The summed E-state index contributed by atoms with van der Waals surface area (Å²) in [5.41, 5.74) is 0.951. The molecule has 0 bridgehead atoms. The third-order valence-corrected chi connectivity index (χ3v) is 4.19. The lowest BCUT2D eigenvalue weighted by Gasteiger charge is -2.32. The summed E-state index contributed by atoms with van der Waals surface area (Å²) in [6.07, 6.45) is 0.269. The van der Waals surface area contributed by atoms with E-state index in [4.69, 9.17) is 9.15 Å². The Labute approximate surface area is 126 Å². The van der Waals surface area contributed by atoms with Crippen LogP contribution in [0.3, 0.4) is 0 Å². The van der Waals surface area contributed by atoms with E-state index in [1.165, 1.54) is 0 Å². The molecule has 0 spiro atoms. The number of benzene rings is 1. The van der Waals surface area contributed by atoms with Crippen LogP contribution in [0.4, 0.5) is 0 Å². The summed E-state index contributed by atoms with van der Waals surface area (Å²) < 4.78 is 11.7. The monoisotopic (exact) mass is 288 g/mol. The first-order valence-corrected chi connectivity index (χ1v) is 7.82. The Bertz CT molecular complexity index is 548. The van der Waals surface area contributed by atoms with E-state index < -0.39 is 0 Å². The smallest absolute Gasteiger partial charge is 0.134 e. The number of ether oxygens (including phenoxy) is 1. The lowest BCUT2D eigenvalue weighted by Crippen LogP contribution is -2.46. The summed E-state index contributed by atoms with van der Waals surface area (Å²) in [5, 5.41) is 4.69. The molecule has 2 aromatic rings. The molecule has 0 radical (unpaired) electrons. The van der Waals surface area contributed by atoms with Gasteiger partial charge in [0.05, 0.1) is 18.8 Å². The van der Waals surface area contributed by atoms with Crippen LogP contribution < -0.4 is 5.32 Å². The molecule has 3 rings (SSSR count). The maximum absolute atomic E-state index is 5.90. The number of rotatable bonds is 5. The first-order chi connectivity index (χ1) is 10.3. The Morgan fingerprint density at radius 1 is 1.38 bits per heavy atom. The Morgan fingerprint density at radius 2 is 2.24 bits per heavy atom. The van der Waals surface area contributed by atoms with Crippen molar-refractivity contribution < 1.29 is 9.15 Å². The van der Waals surface area contributed by atoms with Crippen LogP contribution >= 0.6 is 0 Å². The SMILES string of the molecule is CCN1CCOC(CNC(C)c2cc3ccccc3o2)C1. The van der Waals surface area contributed by atoms with Crippen molar-refractivity contribution in [3.05, 3.63) is 36.1 Å². The van der Waals surface area contributed by atoms with Crippen molar-refractivity contribution in [3.63, 3.8) is 0 Å². The highest BCUT2D eigenvalue weighted by Crippen LogP contribution is 2.23. The highest BCUT2D eigenvalue weighted by Gasteiger charge is 2.20. The second-order valence-corrected chi connectivity index (χ2v) is 5.70. The van der Waals surface area contributed by atoms with Gasteiger partial charge in [-0.05, 0) is 25.6 Å². The molecule has 1 N–H and O–H groups in total. The second-order valence-electron chi connectivity index (χ2n) is 5.70. The van der Waals surface area contributed by atoms with Gasteiger partial charge in [-0.15, -0.1) is 0 Å². The maximum Gasteiger partial charge on any atom is 0.134 e. The average molecular weight is 288 g/mol. The molecule has 4 heteroatoms. The zero-order valence-electron chi connectivity index (χ0n) is 12.8. The van der Waals surface area contributed by atoms with Crippen molar-refractivity contribution in [2.75, 3.05) is 32.8 Å². The van der Waals surface area contributed by atoms with E-state index in [1.807, 2.05) is 18.2 Å². The number of hydrogen-bond acceptors (Lipinski definition) is 4.